The number of nitrogens with one attached hydrogen (secondary N) is 1. The normalized spacial score (nSPS) is 10.6. The SMILES string of the molecule is CNc1snc(C)c1-c1nc(-c2cc(OC)ncn2)no1. The van der Waals surface area contributed by atoms with Crippen LogP contribution >= 0.6 is 11.5 Å². The summed E-state index contributed by atoms with van der Waals surface area (Å²) in [6.45, 7) is 1.89. The zero-order valence-corrected chi connectivity index (χ0v) is 12.4. The van der Waals surface area contributed by atoms with Crippen molar-refractivity contribution < 1.29 is 9.26 Å². The van der Waals surface area contributed by atoms with Crippen molar-refractivity contribution >= 4 is 16.5 Å². The van der Waals surface area contributed by atoms with E-state index in [9.17, 15) is 0 Å². The molecule has 0 atom stereocenters. The van der Waals surface area contributed by atoms with Gasteiger partial charge in [-0.3, -0.25) is 0 Å². The largest absolute Gasteiger partial charge is 0.481 e. The summed E-state index contributed by atoms with van der Waals surface area (Å²) in [5, 5.41) is 7.89. The third-order valence-corrected chi connectivity index (χ3v) is 3.77. The van der Waals surface area contributed by atoms with Gasteiger partial charge in [-0.2, -0.15) is 9.36 Å². The van der Waals surface area contributed by atoms with Gasteiger partial charge >= 0.3 is 0 Å². The first-order valence-corrected chi connectivity index (χ1v) is 6.84. The van der Waals surface area contributed by atoms with Gasteiger partial charge in [0.05, 0.1) is 18.4 Å². The number of aromatic nitrogens is 5. The van der Waals surface area contributed by atoms with Gasteiger partial charge in [-0.15, -0.1) is 0 Å². The Kier molecular flexibility index (Phi) is 3.48. The van der Waals surface area contributed by atoms with Gasteiger partial charge < -0.3 is 14.6 Å². The quantitative estimate of drug-likeness (QED) is 0.781. The van der Waals surface area contributed by atoms with E-state index >= 15 is 0 Å². The summed E-state index contributed by atoms with van der Waals surface area (Å²) in [5.41, 5.74) is 2.17. The van der Waals surface area contributed by atoms with E-state index in [0.717, 1.165) is 16.3 Å². The molecular weight excluding hydrogens is 292 g/mol. The molecule has 3 aromatic rings. The lowest BCUT2D eigenvalue weighted by molar-refractivity contribution is 0.397. The fourth-order valence-electron chi connectivity index (χ4n) is 1.79. The molecule has 9 heteroatoms. The number of hydrogen-bond donors (Lipinski definition) is 1. The van der Waals surface area contributed by atoms with Gasteiger partial charge in [0, 0.05) is 13.1 Å². The maximum Gasteiger partial charge on any atom is 0.263 e. The zero-order valence-electron chi connectivity index (χ0n) is 11.6. The van der Waals surface area contributed by atoms with Crippen molar-refractivity contribution in [3.8, 4) is 28.9 Å². The van der Waals surface area contributed by atoms with Gasteiger partial charge in [-0.25, -0.2) is 9.97 Å². The maximum atomic E-state index is 5.32. The van der Waals surface area contributed by atoms with Crippen molar-refractivity contribution in [3.63, 3.8) is 0 Å². The summed E-state index contributed by atoms with van der Waals surface area (Å²) in [6.07, 6.45) is 1.39. The minimum atomic E-state index is 0.373. The van der Waals surface area contributed by atoms with Crippen molar-refractivity contribution in [2.75, 3.05) is 19.5 Å². The van der Waals surface area contributed by atoms with E-state index in [4.69, 9.17) is 9.26 Å². The molecule has 21 heavy (non-hydrogen) atoms. The summed E-state index contributed by atoms with van der Waals surface area (Å²) in [7, 11) is 3.36. The van der Waals surface area contributed by atoms with Crippen LogP contribution in [0, 0.1) is 6.92 Å². The highest BCUT2D eigenvalue weighted by atomic mass is 32.1. The fraction of sp³-hybridized carbons (Fsp3) is 0.250. The molecular formula is C12H12N6O2S. The number of hydrogen-bond acceptors (Lipinski definition) is 9. The second kappa shape index (κ2) is 5.44. The van der Waals surface area contributed by atoms with Crippen LogP contribution in [0.5, 0.6) is 5.88 Å². The first-order valence-electron chi connectivity index (χ1n) is 6.07. The van der Waals surface area contributed by atoms with Crippen molar-refractivity contribution in [3.05, 3.63) is 18.1 Å². The molecule has 108 valence electrons. The van der Waals surface area contributed by atoms with E-state index in [1.165, 1.54) is 25.0 Å². The first kappa shape index (κ1) is 13.4. The van der Waals surface area contributed by atoms with E-state index in [2.05, 4.69) is 29.8 Å². The topological polar surface area (TPSA) is 98.9 Å². The van der Waals surface area contributed by atoms with Crippen LogP contribution in [0.2, 0.25) is 0 Å². The van der Waals surface area contributed by atoms with Gasteiger partial charge in [0.1, 0.15) is 17.0 Å². The molecule has 0 bridgehead atoms. The molecule has 0 aromatic carbocycles. The molecule has 0 saturated heterocycles. The standard InChI is InChI=1S/C12H12N6O2S/c1-6-9(12(13-2)21-18-6)11-16-10(17-20-11)7-4-8(19-3)15-5-14-7/h4-5,13H,1-3H3. The van der Waals surface area contributed by atoms with Gasteiger partial charge in [0.25, 0.3) is 5.89 Å². The summed E-state index contributed by atoms with van der Waals surface area (Å²) >= 11 is 1.35. The van der Waals surface area contributed by atoms with Crippen LogP contribution in [0.25, 0.3) is 23.0 Å². The Bertz CT molecular complexity index is 769. The van der Waals surface area contributed by atoms with E-state index in [1.54, 1.807) is 6.07 Å². The summed E-state index contributed by atoms with van der Waals surface area (Å²) in [4.78, 5) is 12.4. The van der Waals surface area contributed by atoms with Crippen LogP contribution < -0.4 is 10.1 Å². The Balaban J connectivity index is 2.01. The molecule has 0 fully saturated rings. The third kappa shape index (κ3) is 2.42. The Morgan fingerprint density at radius 1 is 1.33 bits per heavy atom. The number of ether oxygens (including phenoxy) is 1. The number of rotatable bonds is 4. The number of anilines is 1. The van der Waals surface area contributed by atoms with Crippen LogP contribution in [0.4, 0.5) is 5.00 Å². The van der Waals surface area contributed by atoms with Crippen molar-refractivity contribution in [2.45, 2.75) is 6.92 Å². The molecule has 0 amide bonds. The molecule has 0 aliphatic rings. The highest BCUT2D eigenvalue weighted by Gasteiger charge is 2.19. The van der Waals surface area contributed by atoms with Gasteiger partial charge in [-0.1, -0.05) is 5.16 Å². The van der Waals surface area contributed by atoms with Gasteiger partial charge in [0.15, 0.2) is 0 Å². The van der Waals surface area contributed by atoms with E-state index in [-0.39, 0.29) is 0 Å². The summed E-state index contributed by atoms with van der Waals surface area (Å²) in [5.74, 6) is 1.21. The molecule has 3 aromatic heterocycles. The summed E-state index contributed by atoms with van der Waals surface area (Å²) < 4.78 is 14.7. The van der Waals surface area contributed by atoms with Crippen molar-refractivity contribution in [1.82, 2.24) is 24.5 Å². The lowest BCUT2D eigenvalue weighted by Crippen LogP contribution is -1.92. The molecule has 1 N–H and O–H groups in total. The predicted octanol–water partition coefficient (Wildman–Crippen LogP) is 2.01. The molecule has 0 aliphatic carbocycles. The van der Waals surface area contributed by atoms with Crippen LogP contribution in [-0.4, -0.2) is 38.6 Å². The minimum Gasteiger partial charge on any atom is -0.481 e. The number of aryl methyl sites for hydroxylation is 1. The van der Waals surface area contributed by atoms with E-state index in [1.807, 2.05) is 14.0 Å². The number of nitrogens with zero attached hydrogens (tertiary/aromatic N) is 5. The predicted molar refractivity (Wildman–Crippen MR) is 77.3 cm³/mol. The zero-order chi connectivity index (χ0) is 14.8. The van der Waals surface area contributed by atoms with Crippen LogP contribution in [0.3, 0.4) is 0 Å². The molecule has 0 saturated carbocycles. The van der Waals surface area contributed by atoms with Crippen molar-refractivity contribution in [1.29, 1.82) is 0 Å². The lowest BCUT2D eigenvalue weighted by atomic mass is 10.2. The Labute approximate surface area is 124 Å². The Morgan fingerprint density at radius 2 is 2.19 bits per heavy atom. The molecule has 3 rings (SSSR count). The lowest BCUT2D eigenvalue weighted by Gasteiger charge is -1.98. The van der Waals surface area contributed by atoms with Gasteiger partial charge in [-0.05, 0) is 18.5 Å². The second-order valence-electron chi connectivity index (χ2n) is 4.09. The van der Waals surface area contributed by atoms with Crippen LogP contribution in [0.15, 0.2) is 16.9 Å². The second-order valence-corrected chi connectivity index (χ2v) is 4.86. The van der Waals surface area contributed by atoms with E-state index in [0.29, 0.717) is 23.3 Å². The molecule has 8 nitrogen and oxygen atoms in total. The minimum absolute atomic E-state index is 0.373. The Morgan fingerprint density at radius 3 is 2.95 bits per heavy atom. The average Bonchev–Trinajstić information content (AvgIpc) is 3.13. The molecule has 0 aliphatic heterocycles. The monoisotopic (exact) mass is 304 g/mol. The summed E-state index contributed by atoms with van der Waals surface area (Å²) in [6, 6.07) is 1.65. The van der Waals surface area contributed by atoms with Crippen LogP contribution in [-0.2, 0) is 0 Å². The molecule has 0 radical (unpaired) electrons. The molecule has 3 heterocycles. The average molecular weight is 304 g/mol. The smallest absolute Gasteiger partial charge is 0.263 e. The highest BCUT2D eigenvalue weighted by Crippen LogP contribution is 2.34. The van der Waals surface area contributed by atoms with Crippen molar-refractivity contribution in [2.24, 2.45) is 0 Å². The third-order valence-electron chi connectivity index (χ3n) is 2.81. The van der Waals surface area contributed by atoms with Crippen LogP contribution in [0.1, 0.15) is 5.69 Å². The van der Waals surface area contributed by atoms with Gasteiger partial charge in [0.2, 0.25) is 11.7 Å². The number of methoxy groups -OCH3 is 1. The van der Waals surface area contributed by atoms with E-state index < -0.39 is 0 Å². The molecule has 0 unspecified atom stereocenters. The highest BCUT2D eigenvalue weighted by molar-refractivity contribution is 7.10. The first-order chi connectivity index (χ1) is 10.2. The molecule has 0 spiro atoms. The fourth-order valence-corrected chi connectivity index (χ4v) is 2.53. The Hall–Kier alpha value is -2.55. The maximum absolute atomic E-state index is 5.32.